The summed E-state index contributed by atoms with van der Waals surface area (Å²) in [5, 5.41) is 1.74. The Bertz CT molecular complexity index is 826. The molecule has 4 heteroatoms. The van der Waals surface area contributed by atoms with Crippen LogP contribution < -0.4 is 24.8 Å². The summed E-state index contributed by atoms with van der Waals surface area (Å²) >= 11 is -0.652. The van der Waals surface area contributed by atoms with E-state index in [4.69, 9.17) is 0 Å². The van der Waals surface area contributed by atoms with Gasteiger partial charge in [0.2, 0.25) is 0 Å². The number of hydrogen-bond acceptors (Lipinski definition) is 0. The van der Waals surface area contributed by atoms with Gasteiger partial charge >= 0.3 is 152 Å². The zero-order valence-corrected chi connectivity index (χ0v) is 19.5. The summed E-state index contributed by atoms with van der Waals surface area (Å²) in [4.78, 5) is 0. The number of fused-ring (bicyclic) bond motifs is 2. The molecular formula is C21H21Cl2PZr. The first-order chi connectivity index (χ1) is 11.1. The fourth-order valence-corrected chi connectivity index (χ4v) is 11.6. The molecule has 2 aliphatic rings. The quantitative estimate of drug-likeness (QED) is 0.562. The van der Waals surface area contributed by atoms with Crippen LogP contribution in [-0.4, -0.2) is 13.3 Å². The molecule has 0 bridgehead atoms. The van der Waals surface area contributed by atoms with Crippen LogP contribution in [0.25, 0.3) is 12.2 Å². The predicted molar refractivity (Wildman–Crippen MR) is 98.8 cm³/mol. The van der Waals surface area contributed by atoms with Crippen molar-refractivity contribution in [2.45, 2.75) is 14.2 Å². The van der Waals surface area contributed by atoms with Crippen molar-refractivity contribution in [3.63, 3.8) is 0 Å². The maximum absolute atomic E-state index is 2.51. The molecule has 0 nitrogen and oxygen atoms in total. The Hall–Kier alpha value is -0.187. The minimum Gasteiger partial charge on any atom is -1.00 e. The summed E-state index contributed by atoms with van der Waals surface area (Å²) in [6, 6.07) is 18.1. The summed E-state index contributed by atoms with van der Waals surface area (Å²) in [7, 11) is -0.00487. The van der Waals surface area contributed by atoms with Gasteiger partial charge in [-0.3, -0.25) is 0 Å². The maximum Gasteiger partial charge on any atom is -1.00 e. The molecular weight excluding hydrogens is 445 g/mol. The first kappa shape index (κ1) is 21.1. The van der Waals surface area contributed by atoms with Crippen LogP contribution in [0.4, 0.5) is 0 Å². The van der Waals surface area contributed by atoms with Crippen molar-refractivity contribution < 1.29 is 48.0 Å². The van der Waals surface area contributed by atoms with Gasteiger partial charge in [0.05, 0.1) is 0 Å². The number of halogens is 2. The van der Waals surface area contributed by atoms with Gasteiger partial charge in [0.1, 0.15) is 0 Å². The van der Waals surface area contributed by atoms with Crippen molar-refractivity contribution in [1.82, 2.24) is 0 Å². The Kier molecular flexibility index (Phi) is 7.32. The van der Waals surface area contributed by atoms with Gasteiger partial charge in [-0.1, -0.05) is 0 Å². The average Bonchev–Trinajstić information content (AvgIpc) is 3.07. The molecule has 0 amide bonds. The standard InChI is InChI=1S/C11H12P.C10H9.2ClH.Zr/c1-12(2)11-7-9-5-3-4-6-10(9)8-11;1-8-6-9-4-2-3-5-10(9)7-8;;;/h3-8H,1-2H3;2-7H,1H3;2*1H;/q;;;;+2/p-2. The molecule has 2 aromatic carbocycles. The van der Waals surface area contributed by atoms with Crippen LogP contribution in [0.3, 0.4) is 0 Å². The number of hydrogen-bond donors (Lipinski definition) is 0. The third kappa shape index (κ3) is 3.91. The van der Waals surface area contributed by atoms with Crippen LogP contribution in [0.5, 0.6) is 0 Å². The summed E-state index contributed by atoms with van der Waals surface area (Å²) in [5.74, 6) is 0. The molecule has 0 heterocycles. The summed E-state index contributed by atoms with van der Waals surface area (Å²) in [5.41, 5.74) is 7.75. The van der Waals surface area contributed by atoms with Crippen molar-refractivity contribution >= 4 is 20.1 Å². The zero-order chi connectivity index (χ0) is 16.0. The van der Waals surface area contributed by atoms with E-state index in [1.807, 2.05) is 0 Å². The molecule has 2 aliphatic carbocycles. The summed E-state index contributed by atoms with van der Waals surface area (Å²) < 4.78 is 1.50. The molecule has 2 unspecified atom stereocenters. The molecule has 128 valence electrons. The molecule has 25 heavy (non-hydrogen) atoms. The van der Waals surface area contributed by atoms with Gasteiger partial charge in [-0.05, 0) is 0 Å². The normalized spacial score (nSPS) is 19.8. The second-order valence-electron chi connectivity index (χ2n) is 6.64. The molecule has 0 radical (unpaired) electrons. The first-order valence-electron chi connectivity index (χ1n) is 8.16. The fraction of sp³-hybridized carbons (Fsp3) is 0.238. The van der Waals surface area contributed by atoms with Crippen molar-refractivity contribution in [2.75, 3.05) is 13.3 Å². The molecule has 0 saturated heterocycles. The fourth-order valence-electron chi connectivity index (χ4n) is 3.74. The van der Waals surface area contributed by atoms with Gasteiger partial charge in [-0.15, -0.1) is 0 Å². The number of benzene rings is 2. The van der Waals surface area contributed by atoms with Crippen molar-refractivity contribution in [3.8, 4) is 0 Å². The molecule has 0 N–H and O–H groups in total. The van der Waals surface area contributed by atoms with Crippen LogP contribution in [0.15, 0.2) is 59.4 Å². The van der Waals surface area contributed by atoms with Gasteiger partial charge in [0, 0.05) is 0 Å². The van der Waals surface area contributed by atoms with E-state index in [-0.39, 0.29) is 32.7 Å². The molecule has 2 aromatic rings. The van der Waals surface area contributed by atoms with E-state index in [9.17, 15) is 0 Å². The molecule has 0 aliphatic heterocycles. The predicted octanol–water partition coefficient (Wildman–Crippen LogP) is 0.0724. The smallest absolute Gasteiger partial charge is 1.00 e. The zero-order valence-electron chi connectivity index (χ0n) is 14.6. The van der Waals surface area contributed by atoms with E-state index < -0.39 is 23.2 Å². The van der Waals surface area contributed by atoms with Crippen LogP contribution in [0.2, 0.25) is 0 Å². The summed E-state index contributed by atoms with van der Waals surface area (Å²) in [6.07, 6.45) is 4.93. The molecule has 0 fully saturated rings. The van der Waals surface area contributed by atoms with Crippen LogP contribution in [-0.2, 0) is 23.2 Å². The van der Waals surface area contributed by atoms with Crippen molar-refractivity contribution in [2.24, 2.45) is 0 Å². The number of rotatable bonds is 3. The second-order valence-corrected chi connectivity index (χ2v) is 12.6. The molecule has 0 aromatic heterocycles. The van der Waals surface area contributed by atoms with Crippen molar-refractivity contribution in [1.29, 1.82) is 0 Å². The monoisotopic (exact) mass is 464 g/mol. The minimum absolute atomic E-state index is 0. The first-order valence-corrected chi connectivity index (χ1v) is 13.2. The Balaban J connectivity index is 0.00000113. The van der Waals surface area contributed by atoms with E-state index in [0.29, 0.717) is 0 Å². The van der Waals surface area contributed by atoms with Gasteiger partial charge in [0.25, 0.3) is 0 Å². The maximum atomic E-state index is 2.51. The number of allylic oxidation sites excluding steroid dienone is 2. The average molecular weight is 467 g/mol. The Morgan fingerprint density at radius 3 is 1.88 bits per heavy atom. The van der Waals surface area contributed by atoms with E-state index in [1.54, 1.807) is 22.0 Å². The topological polar surface area (TPSA) is 0 Å². The largest absolute Gasteiger partial charge is 1.00 e. The van der Waals surface area contributed by atoms with E-state index in [2.05, 4.69) is 80.9 Å². The van der Waals surface area contributed by atoms with Gasteiger partial charge in [-0.25, -0.2) is 0 Å². The van der Waals surface area contributed by atoms with E-state index in [0.717, 1.165) is 7.25 Å². The van der Waals surface area contributed by atoms with Crippen molar-refractivity contribution in [3.05, 3.63) is 81.7 Å². The molecule has 0 saturated carbocycles. The molecule has 0 spiro atoms. The van der Waals surface area contributed by atoms with Crippen LogP contribution in [0.1, 0.15) is 36.4 Å². The Labute approximate surface area is 176 Å². The minimum atomic E-state index is -0.652. The van der Waals surface area contributed by atoms with Gasteiger partial charge in [-0.2, -0.15) is 0 Å². The summed E-state index contributed by atoms with van der Waals surface area (Å²) in [6.45, 7) is 7.19. The van der Waals surface area contributed by atoms with Gasteiger partial charge < -0.3 is 24.8 Å². The molecule has 2 atom stereocenters. The third-order valence-corrected chi connectivity index (χ3v) is 12.0. The van der Waals surface area contributed by atoms with Crippen LogP contribution >= 0.6 is 7.92 Å². The Morgan fingerprint density at radius 2 is 1.28 bits per heavy atom. The van der Waals surface area contributed by atoms with Gasteiger partial charge in [0.15, 0.2) is 0 Å². The molecule has 4 rings (SSSR count). The second kappa shape index (κ2) is 8.67. The van der Waals surface area contributed by atoms with E-state index >= 15 is 0 Å². The SMILES string of the molecule is CC1=Cc2ccccc2[CH]1[Zr+2][CH]1C(P(C)C)=Cc2ccccc21.[Cl-].[Cl-]. The van der Waals surface area contributed by atoms with E-state index in [1.165, 1.54) is 11.1 Å². The van der Waals surface area contributed by atoms with Crippen LogP contribution in [0, 0.1) is 0 Å². The third-order valence-electron chi connectivity index (χ3n) is 4.90. The Morgan fingerprint density at radius 1 is 0.760 bits per heavy atom.